The average molecular weight is 284 g/mol. The summed E-state index contributed by atoms with van der Waals surface area (Å²) in [5.74, 6) is 0.844. The van der Waals surface area contributed by atoms with Gasteiger partial charge < -0.3 is 10.5 Å². The van der Waals surface area contributed by atoms with Crippen LogP contribution < -0.4 is 10.5 Å². The Morgan fingerprint density at radius 1 is 1.20 bits per heavy atom. The second-order valence-corrected chi connectivity index (χ2v) is 5.68. The third-order valence-corrected chi connectivity index (χ3v) is 4.07. The number of fused-ring (bicyclic) bond motifs is 1. The average Bonchev–Trinajstić information content (AvgIpc) is 2.90. The minimum absolute atomic E-state index is 0.465. The normalized spacial score (nSPS) is 10.9. The molecule has 0 bridgehead atoms. The Bertz CT molecular complexity index is 736. The molecule has 0 saturated heterocycles. The maximum absolute atomic E-state index is 5.90. The Labute approximate surface area is 122 Å². The van der Waals surface area contributed by atoms with E-state index in [1.807, 2.05) is 30.5 Å². The van der Waals surface area contributed by atoms with Gasteiger partial charge in [-0.2, -0.15) is 0 Å². The molecule has 1 heterocycles. The molecule has 102 valence electrons. The largest absolute Gasteiger partial charge is 0.487 e. The van der Waals surface area contributed by atoms with Crippen LogP contribution in [0.2, 0.25) is 0 Å². The highest BCUT2D eigenvalue weighted by Crippen LogP contribution is 2.28. The van der Waals surface area contributed by atoms with Gasteiger partial charge in [0.05, 0.1) is 10.7 Å². The molecule has 0 amide bonds. The van der Waals surface area contributed by atoms with E-state index in [2.05, 4.69) is 23.2 Å². The maximum Gasteiger partial charge on any atom is 0.131 e. The molecule has 4 heteroatoms. The van der Waals surface area contributed by atoms with Crippen molar-refractivity contribution in [3.8, 4) is 5.75 Å². The molecular weight excluding hydrogens is 268 g/mol. The molecule has 1 aromatic heterocycles. The first-order valence-corrected chi connectivity index (χ1v) is 7.40. The fraction of sp³-hybridized carbons (Fsp3) is 0.188. The fourth-order valence-corrected chi connectivity index (χ4v) is 2.89. The summed E-state index contributed by atoms with van der Waals surface area (Å²) in [4.78, 5) is 4.41. The first-order valence-electron chi connectivity index (χ1n) is 6.52. The van der Waals surface area contributed by atoms with Crippen molar-refractivity contribution in [1.29, 1.82) is 0 Å². The Morgan fingerprint density at radius 3 is 2.80 bits per heavy atom. The van der Waals surface area contributed by atoms with Crippen LogP contribution in [0, 0.1) is 6.92 Å². The lowest BCUT2D eigenvalue weighted by Crippen LogP contribution is -2.03. The lowest BCUT2D eigenvalue weighted by molar-refractivity contribution is 0.299. The zero-order valence-corrected chi connectivity index (χ0v) is 12.1. The van der Waals surface area contributed by atoms with Crippen LogP contribution in [0.25, 0.3) is 10.8 Å². The van der Waals surface area contributed by atoms with Gasteiger partial charge >= 0.3 is 0 Å². The molecule has 20 heavy (non-hydrogen) atoms. The highest BCUT2D eigenvalue weighted by molar-refractivity contribution is 7.09. The smallest absolute Gasteiger partial charge is 0.131 e. The quantitative estimate of drug-likeness (QED) is 0.795. The van der Waals surface area contributed by atoms with E-state index in [1.165, 1.54) is 5.39 Å². The number of aryl methyl sites for hydroxylation is 1. The van der Waals surface area contributed by atoms with Gasteiger partial charge in [0.2, 0.25) is 0 Å². The third kappa shape index (κ3) is 2.53. The Morgan fingerprint density at radius 2 is 2.05 bits per heavy atom. The van der Waals surface area contributed by atoms with Crippen molar-refractivity contribution in [2.24, 2.45) is 5.73 Å². The molecule has 0 atom stereocenters. The van der Waals surface area contributed by atoms with Gasteiger partial charge in [-0.15, -0.1) is 11.3 Å². The van der Waals surface area contributed by atoms with Crippen molar-refractivity contribution < 1.29 is 4.74 Å². The van der Waals surface area contributed by atoms with Crippen LogP contribution in [0.4, 0.5) is 0 Å². The number of nitrogens with zero attached hydrogens (tertiary/aromatic N) is 1. The number of hydrogen-bond donors (Lipinski definition) is 1. The molecule has 0 spiro atoms. The van der Waals surface area contributed by atoms with E-state index in [9.17, 15) is 0 Å². The third-order valence-electron chi connectivity index (χ3n) is 3.24. The van der Waals surface area contributed by atoms with Crippen LogP contribution in [-0.2, 0) is 13.2 Å². The molecule has 0 fully saturated rings. The summed E-state index contributed by atoms with van der Waals surface area (Å²) >= 11 is 1.64. The summed E-state index contributed by atoms with van der Waals surface area (Å²) in [6, 6.07) is 12.3. The van der Waals surface area contributed by atoms with Crippen molar-refractivity contribution in [3.63, 3.8) is 0 Å². The van der Waals surface area contributed by atoms with E-state index in [0.29, 0.717) is 13.2 Å². The SMILES string of the molecule is Cc1nc(COc2ccc3ccccc3c2CN)cs1. The molecule has 2 N–H and O–H groups in total. The van der Waals surface area contributed by atoms with Gasteiger partial charge in [-0.25, -0.2) is 4.98 Å². The summed E-state index contributed by atoms with van der Waals surface area (Å²) in [6.07, 6.45) is 0. The van der Waals surface area contributed by atoms with Gasteiger partial charge in [-0.3, -0.25) is 0 Å². The number of nitrogens with two attached hydrogens (primary N) is 1. The van der Waals surface area contributed by atoms with E-state index in [4.69, 9.17) is 10.5 Å². The maximum atomic E-state index is 5.90. The van der Waals surface area contributed by atoms with E-state index in [1.54, 1.807) is 11.3 Å². The second kappa shape index (κ2) is 5.61. The van der Waals surface area contributed by atoms with Crippen molar-refractivity contribution in [2.75, 3.05) is 0 Å². The highest BCUT2D eigenvalue weighted by atomic mass is 32.1. The van der Waals surface area contributed by atoms with Crippen molar-refractivity contribution in [3.05, 3.63) is 58.0 Å². The van der Waals surface area contributed by atoms with Crippen LogP contribution in [0.3, 0.4) is 0 Å². The molecular formula is C16H16N2OS. The summed E-state index contributed by atoms with van der Waals surface area (Å²) < 4.78 is 5.90. The summed E-state index contributed by atoms with van der Waals surface area (Å²) in [7, 11) is 0. The van der Waals surface area contributed by atoms with Gasteiger partial charge in [0.15, 0.2) is 0 Å². The lowest BCUT2D eigenvalue weighted by atomic mass is 10.0. The zero-order valence-electron chi connectivity index (χ0n) is 11.3. The van der Waals surface area contributed by atoms with E-state index in [-0.39, 0.29) is 0 Å². The Balaban J connectivity index is 1.91. The monoisotopic (exact) mass is 284 g/mol. The van der Waals surface area contributed by atoms with Crippen molar-refractivity contribution in [2.45, 2.75) is 20.1 Å². The molecule has 3 aromatic rings. The van der Waals surface area contributed by atoms with Crippen molar-refractivity contribution >= 4 is 22.1 Å². The predicted octanol–water partition coefficient (Wildman–Crippen LogP) is 3.64. The first kappa shape index (κ1) is 13.1. The second-order valence-electron chi connectivity index (χ2n) is 4.61. The number of ether oxygens (including phenoxy) is 1. The summed E-state index contributed by atoms with van der Waals surface area (Å²) in [5.41, 5.74) is 7.91. The summed E-state index contributed by atoms with van der Waals surface area (Å²) in [5, 5.41) is 5.42. The topological polar surface area (TPSA) is 48.1 Å². The van der Waals surface area contributed by atoms with Gasteiger partial charge in [0.1, 0.15) is 12.4 Å². The minimum atomic E-state index is 0.465. The van der Waals surface area contributed by atoms with E-state index < -0.39 is 0 Å². The van der Waals surface area contributed by atoms with Crippen LogP contribution in [0.5, 0.6) is 5.75 Å². The number of rotatable bonds is 4. The molecule has 0 unspecified atom stereocenters. The highest BCUT2D eigenvalue weighted by Gasteiger charge is 2.08. The van der Waals surface area contributed by atoms with Gasteiger partial charge in [0.25, 0.3) is 0 Å². The molecule has 0 aliphatic carbocycles. The minimum Gasteiger partial charge on any atom is -0.487 e. The molecule has 0 aliphatic heterocycles. The predicted molar refractivity (Wildman–Crippen MR) is 83.0 cm³/mol. The Hall–Kier alpha value is -1.91. The zero-order chi connectivity index (χ0) is 13.9. The van der Waals surface area contributed by atoms with Crippen LogP contribution in [-0.4, -0.2) is 4.98 Å². The first-order chi connectivity index (χ1) is 9.78. The van der Waals surface area contributed by atoms with Crippen molar-refractivity contribution in [1.82, 2.24) is 4.98 Å². The number of aromatic nitrogens is 1. The molecule has 2 aromatic carbocycles. The molecule has 0 radical (unpaired) electrons. The van der Waals surface area contributed by atoms with E-state index >= 15 is 0 Å². The molecule has 0 aliphatic rings. The fourth-order valence-electron chi connectivity index (χ4n) is 2.29. The molecule has 3 nitrogen and oxygen atoms in total. The van der Waals surface area contributed by atoms with Crippen LogP contribution in [0.15, 0.2) is 41.8 Å². The van der Waals surface area contributed by atoms with Crippen LogP contribution in [0.1, 0.15) is 16.3 Å². The summed E-state index contributed by atoms with van der Waals surface area (Å²) in [6.45, 7) is 2.94. The number of hydrogen-bond acceptors (Lipinski definition) is 4. The Kier molecular flexibility index (Phi) is 3.67. The van der Waals surface area contributed by atoms with Gasteiger partial charge in [-0.05, 0) is 23.8 Å². The molecule has 3 rings (SSSR count). The standard InChI is InChI=1S/C16H16N2OS/c1-11-18-13(10-20-11)9-19-16-7-6-12-4-2-3-5-14(12)15(16)8-17/h2-7,10H,8-9,17H2,1H3. The van der Waals surface area contributed by atoms with Gasteiger partial charge in [0, 0.05) is 17.5 Å². The lowest BCUT2D eigenvalue weighted by Gasteiger charge is -2.12. The van der Waals surface area contributed by atoms with Crippen LogP contribution >= 0.6 is 11.3 Å². The van der Waals surface area contributed by atoms with Gasteiger partial charge in [-0.1, -0.05) is 30.3 Å². The number of thiazole rings is 1. The van der Waals surface area contributed by atoms with E-state index in [0.717, 1.165) is 27.4 Å². The number of benzene rings is 2. The molecule has 0 saturated carbocycles.